The van der Waals surface area contributed by atoms with Crippen molar-refractivity contribution in [1.29, 1.82) is 0 Å². The van der Waals surface area contributed by atoms with Crippen LogP contribution >= 0.6 is 0 Å². The molecule has 262 valence electrons. The summed E-state index contributed by atoms with van der Waals surface area (Å²) in [4.78, 5) is 23.2. The van der Waals surface area contributed by atoms with E-state index in [1.807, 2.05) is 21.1 Å². The molecule has 0 heterocycles. The fourth-order valence-electron chi connectivity index (χ4n) is 5.19. The summed E-state index contributed by atoms with van der Waals surface area (Å²) < 4.78 is 16.2. The number of unbranched alkanes of at least 4 members (excludes halogenated alkanes) is 22. The first-order valence-electron chi connectivity index (χ1n) is 18.3. The van der Waals surface area contributed by atoms with Crippen LogP contribution in [0.3, 0.4) is 0 Å². The summed E-state index contributed by atoms with van der Waals surface area (Å²) in [5, 5.41) is 19.2. The Morgan fingerprint density at radius 3 is 1.34 bits per heavy atom. The van der Waals surface area contributed by atoms with Crippen LogP contribution in [-0.2, 0) is 23.8 Å². The maximum atomic E-state index is 12.0. The number of likely N-dealkylation sites (N-methyl/N-ethyl adjacent to an activating group) is 1. The van der Waals surface area contributed by atoms with E-state index in [1.165, 1.54) is 128 Å². The van der Waals surface area contributed by atoms with Crippen molar-refractivity contribution >= 4 is 11.9 Å². The standard InChI is InChI=1S/C36H71NO7/c1-5-6-7-8-9-10-11-12-13-14-15-16-17-18-19-20-21-22-23-24-25-26-27-28-34(39)43-31-33(38)32-44-36(35(40)41)42-30-29-37(2,3)4/h33,36,38H,5-32H2,1-4H3/p+1. The van der Waals surface area contributed by atoms with Gasteiger partial charge in [0, 0.05) is 6.42 Å². The zero-order chi connectivity index (χ0) is 32.7. The van der Waals surface area contributed by atoms with Crippen molar-refractivity contribution in [3.05, 3.63) is 0 Å². The predicted octanol–water partition coefficient (Wildman–Crippen LogP) is 8.42. The SMILES string of the molecule is CCCCCCCCCCCCCCCCCCCCCCCCCC(=O)OCC(O)COC(OCC[N+](C)(C)C)C(=O)O. The van der Waals surface area contributed by atoms with Gasteiger partial charge < -0.3 is 28.9 Å². The molecule has 0 radical (unpaired) electrons. The maximum absolute atomic E-state index is 12.0. The molecule has 0 spiro atoms. The number of rotatable bonds is 34. The molecule has 2 unspecified atom stereocenters. The number of carbonyl (C=O) groups is 2. The zero-order valence-electron chi connectivity index (χ0n) is 29.3. The van der Waals surface area contributed by atoms with E-state index in [0.29, 0.717) is 17.4 Å². The van der Waals surface area contributed by atoms with Gasteiger partial charge in [-0.3, -0.25) is 4.79 Å². The molecule has 0 bridgehead atoms. The van der Waals surface area contributed by atoms with Crippen molar-refractivity contribution in [1.82, 2.24) is 0 Å². The summed E-state index contributed by atoms with van der Waals surface area (Å²) in [6.45, 7) is 2.61. The van der Waals surface area contributed by atoms with Gasteiger partial charge in [0.15, 0.2) is 0 Å². The third-order valence-electron chi connectivity index (χ3n) is 8.09. The van der Waals surface area contributed by atoms with Crippen LogP contribution in [-0.4, -0.2) is 86.5 Å². The number of esters is 1. The van der Waals surface area contributed by atoms with Gasteiger partial charge in [-0.2, -0.15) is 0 Å². The number of nitrogens with zero attached hydrogens (tertiary/aromatic N) is 1. The van der Waals surface area contributed by atoms with Crippen molar-refractivity contribution in [2.75, 3.05) is 47.5 Å². The summed E-state index contributed by atoms with van der Waals surface area (Å²) in [7, 11) is 5.92. The van der Waals surface area contributed by atoms with Crippen molar-refractivity contribution < 1.29 is 38.5 Å². The van der Waals surface area contributed by atoms with E-state index in [0.717, 1.165) is 19.3 Å². The molecular formula is C36H72NO7+. The fraction of sp³-hybridized carbons (Fsp3) is 0.944. The topological polar surface area (TPSA) is 102 Å². The number of ether oxygens (including phenoxy) is 3. The second-order valence-electron chi connectivity index (χ2n) is 13.8. The second kappa shape index (κ2) is 30.4. The number of carboxylic acids is 1. The average molecular weight is 631 g/mol. The van der Waals surface area contributed by atoms with Crippen LogP contribution in [0, 0.1) is 0 Å². The smallest absolute Gasteiger partial charge is 0.361 e. The van der Waals surface area contributed by atoms with Crippen molar-refractivity contribution in [2.24, 2.45) is 0 Å². The molecule has 0 aliphatic carbocycles. The Morgan fingerprint density at radius 1 is 0.591 bits per heavy atom. The molecule has 8 heteroatoms. The zero-order valence-corrected chi connectivity index (χ0v) is 29.3. The number of hydrogen-bond acceptors (Lipinski definition) is 6. The molecule has 0 aromatic rings. The van der Waals surface area contributed by atoms with Crippen molar-refractivity contribution in [3.8, 4) is 0 Å². The molecule has 0 fully saturated rings. The first kappa shape index (κ1) is 42.8. The third kappa shape index (κ3) is 32.2. The predicted molar refractivity (Wildman–Crippen MR) is 180 cm³/mol. The van der Waals surface area contributed by atoms with E-state index in [9.17, 15) is 19.8 Å². The number of quaternary nitrogens is 1. The average Bonchev–Trinajstić information content (AvgIpc) is 2.97. The maximum Gasteiger partial charge on any atom is 0.361 e. The van der Waals surface area contributed by atoms with Gasteiger partial charge in [0.05, 0.1) is 34.4 Å². The highest BCUT2D eigenvalue weighted by Crippen LogP contribution is 2.15. The molecule has 2 N–H and O–H groups in total. The molecule has 0 amide bonds. The molecule has 44 heavy (non-hydrogen) atoms. The summed E-state index contributed by atoms with van der Waals surface area (Å²) in [5.74, 6) is -1.60. The molecule has 8 nitrogen and oxygen atoms in total. The van der Waals surface area contributed by atoms with E-state index >= 15 is 0 Å². The van der Waals surface area contributed by atoms with E-state index in [2.05, 4.69) is 6.92 Å². The molecule has 0 aromatic heterocycles. The van der Waals surface area contributed by atoms with Crippen molar-refractivity contribution in [3.63, 3.8) is 0 Å². The van der Waals surface area contributed by atoms with E-state index in [-0.39, 0.29) is 25.8 Å². The molecule has 0 saturated carbocycles. The monoisotopic (exact) mass is 631 g/mol. The summed E-state index contributed by atoms with van der Waals surface area (Å²) in [6, 6.07) is 0. The Morgan fingerprint density at radius 2 is 0.977 bits per heavy atom. The van der Waals surface area contributed by atoms with Crippen LogP contribution in [0.4, 0.5) is 0 Å². The van der Waals surface area contributed by atoms with Crippen LogP contribution in [0.5, 0.6) is 0 Å². The van der Waals surface area contributed by atoms with Gasteiger partial charge in [0.25, 0.3) is 6.29 Å². The van der Waals surface area contributed by atoms with E-state index in [1.54, 1.807) is 0 Å². The van der Waals surface area contributed by atoms with E-state index in [4.69, 9.17) is 14.2 Å². The molecule has 2 atom stereocenters. The third-order valence-corrected chi connectivity index (χ3v) is 8.09. The first-order valence-corrected chi connectivity index (χ1v) is 18.3. The number of hydrogen-bond donors (Lipinski definition) is 2. The minimum Gasteiger partial charge on any atom is -0.477 e. The van der Waals surface area contributed by atoms with Crippen LogP contribution < -0.4 is 0 Å². The van der Waals surface area contributed by atoms with Gasteiger partial charge in [-0.15, -0.1) is 0 Å². The molecule has 0 aliphatic rings. The van der Waals surface area contributed by atoms with Crippen molar-refractivity contribution in [2.45, 2.75) is 173 Å². The Bertz CT molecular complexity index is 653. The van der Waals surface area contributed by atoms with Gasteiger partial charge in [0.1, 0.15) is 19.3 Å². The normalized spacial score (nSPS) is 13.2. The van der Waals surface area contributed by atoms with Crippen LogP contribution in [0.1, 0.15) is 161 Å². The number of aliphatic hydroxyl groups excluding tert-OH is 1. The summed E-state index contributed by atoms with van der Waals surface area (Å²) in [5.41, 5.74) is 0. The van der Waals surface area contributed by atoms with Crippen LogP contribution in [0.15, 0.2) is 0 Å². The molecule has 0 aliphatic heterocycles. The summed E-state index contributed by atoms with van der Waals surface area (Å²) >= 11 is 0. The van der Waals surface area contributed by atoms with Crippen LogP contribution in [0.25, 0.3) is 0 Å². The number of carbonyl (C=O) groups excluding carboxylic acids is 1. The summed E-state index contributed by atoms with van der Waals surface area (Å²) in [6.07, 6.45) is 28.5. The Kier molecular flexibility index (Phi) is 29.6. The van der Waals surface area contributed by atoms with Gasteiger partial charge in [-0.25, -0.2) is 4.79 Å². The Labute approximate surface area is 271 Å². The molecule has 0 aromatic carbocycles. The highest BCUT2D eigenvalue weighted by atomic mass is 16.7. The Hall–Kier alpha value is -1.22. The molecule has 0 saturated heterocycles. The molecular weight excluding hydrogens is 558 g/mol. The van der Waals surface area contributed by atoms with Gasteiger partial charge >= 0.3 is 11.9 Å². The lowest BCUT2D eigenvalue weighted by atomic mass is 10.0. The second-order valence-corrected chi connectivity index (χ2v) is 13.8. The van der Waals surface area contributed by atoms with Gasteiger partial charge in [-0.05, 0) is 6.42 Å². The van der Waals surface area contributed by atoms with Gasteiger partial charge in [-0.1, -0.05) is 148 Å². The number of aliphatic carboxylic acids is 1. The van der Waals surface area contributed by atoms with Crippen LogP contribution in [0.2, 0.25) is 0 Å². The first-order chi connectivity index (χ1) is 21.2. The largest absolute Gasteiger partial charge is 0.477 e. The number of carboxylic acid groups (broad SMARTS) is 1. The van der Waals surface area contributed by atoms with Gasteiger partial charge in [0.2, 0.25) is 0 Å². The highest BCUT2D eigenvalue weighted by Gasteiger charge is 2.22. The Balaban J connectivity index is 3.44. The number of aliphatic hydroxyl groups is 1. The highest BCUT2D eigenvalue weighted by molar-refractivity contribution is 5.70. The minimum absolute atomic E-state index is 0.213. The fourth-order valence-corrected chi connectivity index (χ4v) is 5.19. The quantitative estimate of drug-likeness (QED) is 0.0318. The molecule has 0 rings (SSSR count). The lowest BCUT2D eigenvalue weighted by molar-refractivity contribution is -0.870. The lowest BCUT2D eigenvalue weighted by Crippen LogP contribution is -2.40. The lowest BCUT2D eigenvalue weighted by Gasteiger charge is -2.24. The van der Waals surface area contributed by atoms with E-state index < -0.39 is 18.4 Å². The minimum atomic E-state index is -1.46.